The quantitative estimate of drug-likeness (QED) is 0.818. The standard InChI is InChI=1S/C14H17NO3/c1-2-11(7-8-16)15-13(17)9-10-5-3-4-6-12(10)14(15)18/h3-6,11,16H,2,7-9H2,1H3. The Kier molecular flexibility index (Phi) is 3.77. The molecule has 1 atom stereocenters. The van der Waals surface area contributed by atoms with E-state index in [9.17, 15) is 9.59 Å². The number of carbonyl (C=O) groups is 2. The molecule has 0 saturated carbocycles. The Bertz CT molecular complexity index is 470. The Labute approximate surface area is 106 Å². The molecule has 1 N–H and O–H groups in total. The Morgan fingerprint density at radius 3 is 2.72 bits per heavy atom. The molecule has 1 aliphatic rings. The fraction of sp³-hybridized carbons (Fsp3) is 0.429. The van der Waals surface area contributed by atoms with Crippen LogP contribution in [-0.2, 0) is 11.2 Å². The summed E-state index contributed by atoms with van der Waals surface area (Å²) < 4.78 is 0. The lowest BCUT2D eigenvalue weighted by atomic mass is 9.96. The summed E-state index contributed by atoms with van der Waals surface area (Å²) in [5.74, 6) is -0.402. The van der Waals surface area contributed by atoms with E-state index in [-0.39, 0.29) is 30.9 Å². The molecule has 4 heteroatoms. The van der Waals surface area contributed by atoms with Crippen LogP contribution in [0.5, 0.6) is 0 Å². The second-order valence-electron chi connectivity index (χ2n) is 4.48. The molecule has 4 nitrogen and oxygen atoms in total. The molecular formula is C14H17NO3. The first kappa shape index (κ1) is 12.8. The molecule has 1 aromatic rings. The summed E-state index contributed by atoms with van der Waals surface area (Å²) in [5, 5.41) is 9.02. The van der Waals surface area contributed by atoms with Crippen LogP contribution in [0.15, 0.2) is 24.3 Å². The molecule has 2 amide bonds. The number of carbonyl (C=O) groups excluding carboxylic acids is 2. The average molecular weight is 247 g/mol. The van der Waals surface area contributed by atoms with Crippen molar-refractivity contribution in [2.45, 2.75) is 32.2 Å². The molecule has 0 spiro atoms. The molecule has 96 valence electrons. The molecule has 1 aliphatic heterocycles. The lowest BCUT2D eigenvalue weighted by Gasteiger charge is -2.33. The number of rotatable bonds is 4. The van der Waals surface area contributed by atoms with Crippen molar-refractivity contribution >= 4 is 11.8 Å². The number of nitrogens with zero attached hydrogens (tertiary/aromatic N) is 1. The zero-order valence-electron chi connectivity index (χ0n) is 10.4. The van der Waals surface area contributed by atoms with Gasteiger partial charge >= 0.3 is 0 Å². The Hall–Kier alpha value is -1.68. The number of hydrogen-bond acceptors (Lipinski definition) is 3. The van der Waals surface area contributed by atoms with E-state index in [2.05, 4.69) is 0 Å². The summed E-state index contributed by atoms with van der Waals surface area (Å²) in [6.07, 6.45) is 1.38. The number of hydrogen-bond donors (Lipinski definition) is 1. The van der Waals surface area contributed by atoms with Crippen LogP contribution < -0.4 is 0 Å². The second kappa shape index (κ2) is 5.31. The lowest BCUT2D eigenvalue weighted by molar-refractivity contribution is -0.130. The van der Waals surface area contributed by atoms with Crippen molar-refractivity contribution in [2.75, 3.05) is 6.61 Å². The van der Waals surface area contributed by atoms with Gasteiger partial charge in [-0.15, -0.1) is 0 Å². The number of benzene rings is 1. The zero-order chi connectivity index (χ0) is 13.1. The fourth-order valence-electron chi connectivity index (χ4n) is 2.41. The fourth-order valence-corrected chi connectivity index (χ4v) is 2.41. The number of amides is 2. The van der Waals surface area contributed by atoms with Gasteiger partial charge in [-0.1, -0.05) is 25.1 Å². The highest BCUT2D eigenvalue weighted by atomic mass is 16.3. The molecule has 0 fully saturated rings. The minimum atomic E-state index is -0.234. The molecule has 1 unspecified atom stereocenters. The maximum Gasteiger partial charge on any atom is 0.261 e. The summed E-state index contributed by atoms with van der Waals surface area (Å²) in [5.41, 5.74) is 1.40. The van der Waals surface area contributed by atoms with Gasteiger partial charge in [0.25, 0.3) is 5.91 Å². The third-order valence-corrected chi connectivity index (χ3v) is 3.38. The van der Waals surface area contributed by atoms with E-state index < -0.39 is 0 Å². The van der Waals surface area contributed by atoms with Crippen LogP contribution in [0.3, 0.4) is 0 Å². The van der Waals surface area contributed by atoms with Crippen molar-refractivity contribution in [2.24, 2.45) is 0 Å². The predicted octanol–water partition coefficient (Wildman–Crippen LogP) is 1.37. The first-order chi connectivity index (χ1) is 8.69. The molecule has 1 aromatic carbocycles. The van der Waals surface area contributed by atoms with Crippen LogP contribution in [0.4, 0.5) is 0 Å². The van der Waals surface area contributed by atoms with E-state index in [1.807, 2.05) is 19.1 Å². The van der Waals surface area contributed by atoms with Gasteiger partial charge in [0.2, 0.25) is 5.91 Å². The van der Waals surface area contributed by atoms with E-state index in [1.165, 1.54) is 4.90 Å². The van der Waals surface area contributed by atoms with Gasteiger partial charge in [0.15, 0.2) is 0 Å². The molecule has 1 heterocycles. The summed E-state index contributed by atoms with van der Waals surface area (Å²) in [7, 11) is 0. The average Bonchev–Trinajstić information content (AvgIpc) is 2.37. The Balaban J connectivity index is 2.34. The summed E-state index contributed by atoms with van der Waals surface area (Å²) >= 11 is 0. The minimum absolute atomic E-state index is 0.0167. The van der Waals surface area contributed by atoms with Crippen molar-refractivity contribution in [3.63, 3.8) is 0 Å². The smallest absolute Gasteiger partial charge is 0.261 e. The van der Waals surface area contributed by atoms with E-state index in [0.717, 1.165) is 5.56 Å². The van der Waals surface area contributed by atoms with Crippen LogP contribution in [0, 0.1) is 0 Å². The zero-order valence-corrected chi connectivity index (χ0v) is 10.4. The van der Waals surface area contributed by atoms with E-state index >= 15 is 0 Å². The van der Waals surface area contributed by atoms with Gasteiger partial charge in [0.1, 0.15) is 0 Å². The van der Waals surface area contributed by atoms with Gasteiger partial charge in [-0.05, 0) is 24.5 Å². The van der Waals surface area contributed by atoms with Crippen molar-refractivity contribution in [3.8, 4) is 0 Å². The highest BCUT2D eigenvalue weighted by Gasteiger charge is 2.34. The van der Waals surface area contributed by atoms with Gasteiger partial charge in [-0.25, -0.2) is 0 Å². The normalized spacial score (nSPS) is 16.7. The first-order valence-electron chi connectivity index (χ1n) is 6.24. The van der Waals surface area contributed by atoms with E-state index in [4.69, 9.17) is 5.11 Å². The first-order valence-corrected chi connectivity index (χ1v) is 6.24. The molecule has 0 bridgehead atoms. The van der Waals surface area contributed by atoms with Gasteiger partial charge in [-0.3, -0.25) is 14.5 Å². The van der Waals surface area contributed by atoms with Crippen LogP contribution in [0.1, 0.15) is 35.7 Å². The molecule has 0 saturated heterocycles. The van der Waals surface area contributed by atoms with Gasteiger partial charge in [0.05, 0.1) is 6.42 Å². The number of aliphatic hydroxyl groups excluding tert-OH is 1. The van der Waals surface area contributed by atoms with Crippen LogP contribution in [0.25, 0.3) is 0 Å². The van der Waals surface area contributed by atoms with Crippen LogP contribution >= 0.6 is 0 Å². The molecule has 18 heavy (non-hydrogen) atoms. The largest absolute Gasteiger partial charge is 0.396 e. The molecular weight excluding hydrogens is 230 g/mol. The van der Waals surface area contributed by atoms with Gasteiger partial charge in [0, 0.05) is 18.2 Å². The van der Waals surface area contributed by atoms with Crippen molar-refractivity contribution in [1.29, 1.82) is 0 Å². The van der Waals surface area contributed by atoms with Gasteiger partial charge < -0.3 is 5.11 Å². The highest BCUT2D eigenvalue weighted by molar-refractivity contribution is 6.09. The topological polar surface area (TPSA) is 57.6 Å². The molecule has 2 rings (SSSR count). The molecule has 0 aliphatic carbocycles. The maximum atomic E-state index is 12.3. The lowest BCUT2D eigenvalue weighted by Crippen LogP contribution is -2.48. The molecule has 0 radical (unpaired) electrons. The van der Waals surface area contributed by atoms with Crippen molar-refractivity contribution in [3.05, 3.63) is 35.4 Å². The second-order valence-corrected chi connectivity index (χ2v) is 4.48. The predicted molar refractivity (Wildman–Crippen MR) is 67.1 cm³/mol. The third-order valence-electron chi connectivity index (χ3n) is 3.38. The summed E-state index contributed by atoms with van der Waals surface area (Å²) in [6, 6.07) is 7.00. The number of aliphatic hydroxyl groups is 1. The highest BCUT2D eigenvalue weighted by Crippen LogP contribution is 2.23. The summed E-state index contributed by atoms with van der Waals surface area (Å²) in [6.45, 7) is 1.90. The maximum absolute atomic E-state index is 12.3. The van der Waals surface area contributed by atoms with Crippen LogP contribution in [0.2, 0.25) is 0 Å². The van der Waals surface area contributed by atoms with Crippen molar-refractivity contribution < 1.29 is 14.7 Å². The van der Waals surface area contributed by atoms with Gasteiger partial charge in [-0.2, -0.15) is 0 Å². The van der Waals surface area contributed by atoms with Crippen molar-refractivity contribution in [1.82, 2.24) is 4.90 Å². The van der Waals surface area contributed by atoms with Crippen LogP contribution in [-0.4, -0.2) is 34.5 Å². The summed E-state index contributed by atoms with van der Waals surface area (Å²) in [4.78, 5) is 25.7. The number of fused-ring (bicyclic) bond motifs is 1. The van der Waals surface area contributed by atoms with E-state index in [1.54, 1.807) is 12.1 Å². The minimum Gasteiger partial charge on any atom is -0.396 e. The Morgan fingerprint density at radius 1 is 1.33 bits per heavy atom. The third kappa shape index (κ3) is 2.16. The molecule has 0 aromatic heterocycles. The monoisotopic (exact) mass is 247 g/mol. The number of imide groups is 1. The Morgan fingerprint density at radius 2 is 2.06 bits per heavy atom. The van der Waals surface area contributed by atoms with E-state index in [0.29, 0.717) is 18.4 Å². The SMILES string of the molecule is CCC(CCO)N1C(=O)Cc2ccccc2C1=O.